The molecule has 9 nitrogen and oxygen atoms in total. The van der Waals surface area contributed by atoms with Crippen molar-refractivity contribution >= 4 is 5.97 Å². The van der Waals surface area contributed by atoms with Crippen molar-refractivity contribution in [1.29, 1.82) is 0 Å². The van der Waals surface area contributed by atoms with Crippen molar-refractivity contribution in [3.8, 4) is 0 Å². The van der Waals surface area contributed by atoms with Gasteiger partial charge in [0.25, 0.3) is 0 Å². The number of fused-ring (bicyclic) bond motifs is 2. The van der Waals surface area contributed by atoms with Crippen LogP contribution in [0.15, 0.2) is 35.5 Å². The summed E-state index contributed by atoms with van der Waals surface area (Å²) in [4.78, 5) is 25.4. The largest absolute Gasteiger partial charge is 0.457 e. The third-order valence-electron chi connectivity index (χ3n) is 8.29. The van der Waals surface area contributed by atoms with Gasteiger partial charge in [-0.2, -0.15) is 4.91 Å². The Bertz CT molecular complexity index is 869. The van der Waals surface area contributed by atoms with Crippen molar-refractivity contribution < 1.29 is 34.0 Å². The molecule has 10 unspecified atom stereocenters. The van der Waals surface area contributed by atoms with Gasteiger partial charge in [-0.3, -0.25) is 4.79 Å². The number of ether oxygens (including phenoxy) is 4. The second-order valence-corrected chi connectivity index (χ2v) is 10.7. The van der Waals surface area contributed by atoms with Gasteiger partial charge in [0.15, 0.2) is 0 Å². The number of rotatable bonds is 4. The molecular formula is C28H43NO8. The Hall–Kier alpha value is -1.91. The van der Waals surface area contributed by atoms with Gasteiger partial charge < -0.3 is 29.2 Å². The lowest BCUT2D eigenvalue weighted by Gasteiger charge is -2.50. The Morgan fingerprint density at radius 3 is 2.30 bits per heavy atom. The molecule has 0 amide bonds. The molecule has 0 aliphatic carbocycles. The van der Waals surface area contributed by atoms with Crippen LogP contribution in [0.2, 0.25) is 0 Å². The van der Waals surface area contributed by atoms with E-state index < -0.39 is 48.1 Å². The minimum atomic E-state index is -2.12. The number of esters is 1. The first kappa shape index (κ1) is 29.6. The van der Waals surface area contributed by atoms with E-state index in [1.165, 1.54) is 14.0 Å². The molecular weight excluding hydrogens is 478 g/mol. The van der Waals surface area contributed by atoms with E-state index in [0.29, 0.717) is 25.7 Å². The number of hydrogen-bond acceptors (Lipinski definition) is 9. The van der Waals surface area contributed by atoms with Crippen LogP contribution in [0, 0.1) is 22.7 Å². The van der Waals surface area contributed by atoms with E-state index in [4.69, 9.17) is 18.9 Å². The van der Waals surface area contributed by atoms with Gasteiger partial charge in [0, 0.05) is 20.1 Å². The number of cyclic esters (lactones) is 1. The molecule has 2 saturated heterocycles. The molecule has 2 bridgehead atoms. The number of aliphatic hydroxyl groups excluding tert-OH is 1. The van der Waals surface area contributed by atoms with E-state index in [9.17, 15) is 19.9 Å². The van der Waals surface area contributed by atoms with Gasteiger partial charge in [-0.15, -0.1) is 0 Å². The van der Waals surface area contributed by atoms with E-state index in [-0.39, 0.29) is 17.9 Å². The van der Waals surface area contributed by atoms with E-state index >= 15 is 0 Å². The molecule has 0 radical (unpaired) electrons. The highest BCUT2D eigenvalue weighted by Crippen LogP contribution is 2.43. The Morgan fingerprint density at radius 1 is 1.00 bits per heavy atom. The Morgan fingerprint density at radius 2 is 1.68 bits per heavy atom. The molecule has 2 fully saturated rings. The standard InChI is InChI=1S/C28H43NO8/c1-17-15-16-21(30)23(34-4)14-10-9-13-22(20-11-7-6-8-12-20)36-27(31)19(3)28(32)26(35-5)24(29-33)18(2)25(17)37-28/h6-8,11-12,17-19,21-26,30,32H,9-10,13-16H2,1-5H3. The summed E-state index contributed by atoms with van der Waals surface area (Å²) in [6.45, 7) is 5.31. The molecule has 3 rings (SSSR count). The quantitative estimate of drug-likeness (QED) is 0.447. The number of methoxy groups -OCH3 is 2. The number of hydrogen-bond donors (Lipinski definition) is 2. The van der Waals surface area contributed by atoms with Crippen LogP contribution in [0.1, 0.15) is 71.0 Å². The van der Waals surface area contributed by atoms with Crippen LogP contribution in [0.5, 0.6) is 0 Å². The first-order valence-electron chi connectivity index (χ1n) is 13.4. The Kier molecular flexibility index (Phi) is 10.6. The molecule has 208 valence electrons. The van der Waals surface area contributed by atoms with E-state index in [1.54, 1.807) is 7.11 Å². The number of nitroso groups, excluding NO2 is 1. The van der Waals surface area contributed by atoms with Gasteiger partial charge in [-0.1, -0.05) is 55.8 Å². The van der Waals surface area contributed by atoms with Gasteiger partial charge in [-0.05, 0) is 50.5 Å². The highest BCUT2D eigenvalue weighted by atomic mass is 16.7. The van der Waals surface area contributed by atoms with E-state index in [0.717, 1.165) is 18.4 Å². The normalized spacial score (nSPS) is 40.5. The second-order valence-electron chi connectivity index (χ2n) is 10.7. The fourth-order valence-corrected chi connectivity index (χ4v) is 5.85. The second kappa shape index (κ2) is 13.2. The van der Waals surface area contributed by atoms with Crippen molar-refractivity contribution in [2.75, 3.05) is 14.2 Å². The van der Waals surface area contributed by atoms with E-state index in [2.05, 4.69) is 5.18 Å². The molecule has 1 aromatic rings. The first-order chi connectivity index (χ1) is 17.7. The lowest BCUT2D eigenvalue weighted by atomic mass is 9.76. The Balaban J connectivity index is 1.98. The van der Waals surface area contributed by atoms with Crippen LogP contribution in [0.4, 0.5) is 0 Å². The third kappa shape index (κ3) is 6.57. The molecule has 0 spiro atoms. The van der Waals surface area contributed by atoms with Gasteiger partial charge >= 0.3 is 5.97 Å². The minimum absolute atomic E-state index is 0.149. The summed E-state index contributed by atoms with van der Waals surface area (Å²) in [5.41, 5.74) is 0.847. The van der Waals surface area contributed by atoms with Crippen LogP contribution in [0.3, 0.4) is 0 Å². The van der Waals surface area contributed by atoms with Gasteiger partial charge in [-0.25, -0.2) is 0 Å². The number of carbonyl (C=O) groups excluding carboxylic acids is 1. The monoisotopic (exact) mass is 521 g/mol. The lowest BCUT2D eigenvalue weighted by molar-refractivity contribution is -0.345. The van der Waals surface area contributed by atoms with Gasteiger partial charge in [0.2, 0.25) is 5.79 Å². The zero-order valence-electron chi connectivity index (χ0n) is 22.6. The maximum Gasteiger partial charge on any atom is 0.314 e. The smallest absolute Gasteiger partial charge is 0.314 e. The predicted octanol–water partition coefficient (Wildman–Crippen LogP) is 4.15. The van der Waals surface area contributed by atoms with E-state index in [1.807, 2.05) is 44.2 Å². The molecule has 9 heteroatoms. The molecule has 2 aliphatic heterocycles. The summed E-state index contributed by atoms with van der Waals surface area (Å²) >= 11 is 0. The highest BCUT2D eigenvalue weighted by molar-refractivity contribution is 5.73. The topological polar surface area (TPSA) is 124 Å². The molecule has 37 heavy (non-hydrogen) atoms. The fourth-order valence-electron chi connectivity index (χ4n) is 5.85. The lowest BCUT2D eigenvalue weighted by Crippen LogP contribution is -2.66. The number of carbonyl (C=O) groups is 1. The summed E-state index contributed by atoms with van der Waals surface area (Å²) in [6, 6.07) is 8.53. The molecule has 0 saturated carbocycles. The first-order valence-corrected chi connectivity index (χ1v) is 13.4. The molecule has 10 atom stereocenters. The average molecular weight is 522 g/mol. The van der Waals surface area contributed by atoms with Crippen LogP contribution >= 0.6 is 0 Å². The zero-order valence-corrected chi connectivity index (χ0v) is 22.6. The number of aliphatic hydroxyl groups is 2. The van der Waals surface area contributed by atoms with Crippen LogP contribution in [-0.2, 0) is 23.7 Å². The predicted molar refractivity (Wildman–Crippen MR) is 137 cm³/mol. The maximum atomic E-state index is 13.5. The van der Waals surface area contributed by atoms with Crippen molar-refractivity contribution in [3.63, 3.8) is 0 Å². The third-order valence-corrected chi connectivity index (χ3v) is 8.29. The van der Waals surface area contributed by atoms with Crippen LogP contribution < -0.4 is 0 Å². The SMILES string of the molecule is COC1CCCCC(c2ccccc2)OC(=O)C(C)C2(O)OC(C(C)CCC1O)C(C)C(N=O)C2OC. The van der Waals surface area contributed by atoms with Crippen molar-refractivity contribution in [2.45, 2.75) is 102 Å². The molecule has 2 N–H and O–H groups in total. The number of benzene rings is 1. The molecule has 2 aliphatic rings. The Labute approximate surface area is 219 Å². The van der Waals surface area contributed by atoms with Crippen LogP contribution in [-0.4, -0.2) is 66.6 Å². The minimum Gasteiger partial charge on any atom is -0.457 e. The van der Waals surface area contributed by atoms with Crippen LogP contribution in [0.25, 0.3) is 0 Å². The highest BCUT2D eigenvalue weighted by Gasteiger charge is 2.59. The molecule has 1 aromatic carbocycles. The molecule has 0 aromatic heterocycles. The number of nitrogens with zero attached hydrogens (tertiary/aromatic N) is 1. The van der Waals surface area contributed by atoms with Crippen molar-refractivity contribution in [1.82, 2.24) is 0 Å². The summed E-state index contributed by atoms with van der Waals surface area (Å²) in [7, 11) is 2.97. The maximum absolute atomic E-state index is 13.5. The van der Waals surface area contributed by atoms with Gasteiger partial charge in [0.1, 0.15) is 24.2 Å². The summed E-state index contributed by atoms with van der Waals surface area (Å²) in [6.07, 6.45) is 0.591. The summed E-state index contributed by atoms with van der Waals surface area (Å²) in [5.74, 6) is -4.44. The summed E-state index contributed by atoms with van der Waals surface area (Å²) in [5, 5.41) is 26.0. The van der Waals surface area contributed by atoms with Crippen molar-refractivity contribution in [3.05, 3.63) is 40.8 Å². The fraction of sp³-hybridized carbons (Fsp3) is 0.750. The molecule has 2 heterocycles. The van der Waals surface area contributed by atoms with Gasteiger partial charge in [0.05, 0.1) is 18.3 Å². The average Bonchev–Trinajstić information content (AvgIpc) is 2.91. The summed E-state index contributed by atoms with van der Waals surface area (Å²) < 4.78 is 23.4. The van der Waals surface area contributed by atoms with Crippen molar-refractivity contribution in [2.24, 2.45) is 22.9 Å². The zero-order chi connectivity index (χ0) is 27.2.